The quantitative estimate of drug-likeness (QED) is 0.560. The maximum absolute atomic E-state index is 5.33. The van der Waals surface area contributed by atoms with Crippen LogP contribution in [0.15, 0.2) is 6.07 Å². The highest BCUT2D eigenvalue weighted by molar-refractivity contribution is 5.46. The van der Waals surface area contributed by atoms with Gasteiger partial charge in [-0.1, -0.05) is 0 Å². The molecule has 0 saturated carbocycles. The Hall–Kier alpha value is -1.36. The standard InChI is InChI=1S/C10H17N5/c1-7-6-9(13-10(12-7)14-11)15-5-3-4-8(15)2/h6,8H,3-5,11H2,1-2H3,(H,12,13,14). The van der Waals surface area contributed by atoms with Gasteiger partial charge in [0.15, 0.2) is 0 Å². The van der Waals surface area contributed by atoms with Gasteiger partial charge in [0, 0.05) is 24.3 Å². The smallest absolute Gasteiger partial charge is 0.239 e. The lowest BCUT2D eigenvalue weighted by molar-refractivity contribution is 0.725. The monoisotopic (exact) mass is 207 g/mol. The van der Waals surface area contributed by atoms with Gasteiger partial charge in [-0.2, -0.15) is 4.98 Å². The summed E-state index contributed by atoms with van der Waals surface area (Å²) in [6.07, 6.45) is 2.46. The number of nitrogens with two attached hydrogens (primary N) is 1. The Morgan fingerprint density at radius 3 is 2.93 bits per heavy atom. The van der Waals surface area contributed by atoms with Gasteiger partial charge in [0.25, 0.3) is 0 Å². The average molecular weight is 207 g/mol. The van der Waals surface area contributed by atoms with Gasteiger partial charge in [-0.15, -0.1) is 0 Å². The molecule has 0 radical (unpaired) electrons. The van der Waals surface area contributed by atoms with Gasteiger partial charge >= 0.3 is 0 Å². The van der Waals surface area contributed by atoms with Gasteiger partial charge in [0.05, 0.1) is 0 Å². The van der Waals surface area contributed by atoms with Crippen LogP contribution in [-0.4, -0.2) is 22.6 Å². The van der Waals surface area contributed by atoms with E-state index in [1.54, 1.807) is 0 Å². The first-order chi connectivity index (χ1) is 7.20. The largest absolute Gasteiger partial charge is 0.354 e. The second kappa shape index (κ2) is 4.02. The molecular formula is C10H17N5. The van der Waals surface area contributed by atoms with Crippen molar-refractivity contribution in [3.63, 3.8) is 0 Å². The van der Waals surface area contributed by atoms with Gasteiger partial charge in [-0.3, -0.25) is 5.43 Å². The molecule has 1 aromatic heterocycles. The SMILES string of the molecule is Cc1cc(N2CCCC2C)nc(NN)n1. The van der Waals surface area contributed by atoms with Gasteiger partial charge in [-0.05, 0) is 26.7 Å². The molecule has 3 N–H and O–H groups in total. The minimum absolute atomic E-state index is 0.490. The van der Waals surface area contributed by atoms with E-state index in [9.17, 15) is 0 Å². The zero-order valence-corrected chi connectivity index (χ0v) is 9.20. The molecule has 0 bridgehead atoms. The summed E-state index contributed by atoms with van der Waals surface area (Å²) in [5.41, 5.74) is 3.43. The highest BCUT2D eigenvalue weighted by atomic mass is 15.3. The van der Waals surface area contributed by atoms with Crippen molar-refractivity contribution in [2.24, 2.45) is 5.84 Å². The molecule has 0 aliphatic carbocycles. The summed E-state index contributed by atoms with van der Waals surface area (Å²) in [6.45, 7) is 5.24. The Labute approximate surface area is 89.7 Å². The molecule has 5 nitrogen and oxygen atoms in total. The molecule has 0 aromatic carbocycles. The average Bonchev–Trinajstić information content (AvgIpc) is 2.63. The molecule has 1 aromatic rings. The van der Waals surface area contributed by atoms with E-state index in [1.165, 1.54) is 12.8 Å². The maximum atomic E-state index is 5.33. The van der Waals surface area contributed by atoms with Crippen molar-refractivity contribution in [1.82, 2.24) is 9.97 Å². The van der Waals surface area contributed by atoms with E-state index < -0.39 is 0 Å². The van der Waals surface area contributed by atoms with Crippen LogP contribution in [0.3, 0.4) is 0 Å². The Morgan fingerprint density at radius 1 is 1.53 bits per heavy atom. The van der Waals surface area contributed by atoms with Crippen LogP contribution in [0.4, 0.5) is 11.8 Å². The van der Waals surface area contributed by atoms with Crippen molar-refractivity contribution in [3.8, 4) is 0 Å². The summed E-state index contributed by atoms with van der Waals surface area (Å²) in [4.78, 5) is 10.8. The van der Waals surface area contributed by atoms with Crippen molar-refractivity contribution >= 4 is 11.8 Å². The zero-order valence-electron chi connectivity index (χ0n) is 9.20. The van der Waals surface area contributed by atoms with E-state index in [4.69, 9.17) is 5.84 Å². The van der Waals surface area contributed by atoms with Crippen LogP contribution in [0.5, 0.6) is 0 Å². The number of anilines is 2. The lowest BCUT2D eigenvalue weighted by Crippen LogP contribution is -2.28. The van der Waals surface area contributed by atoms with E-state index in [0.717, 1.165) is 18.1 Å². The van der Waals surface area contributed by atoms with E-state index in [1.807, 2.05) is 13.0 Å². The van der Waals surface area contributed by atoms with E-state index in [0.29, 0.717) is 12.0 Å². The first kappa shape index (κ1) is 10.2. The van der Waals surface area contributed by atoms with Gasteiger partial charge in [0.1, 0.15) is 5.82 Å². The Morgan fingerprint density at radius 2 is 2.33 bits per heavy atom. The van der Waals surface area contributed by atoms with E-state index >= 15 is 0 Å². The van der Waals surface area contributed by atoms with Crippen LogP contribution < -0.4 is 16.2 Å². The third-order valence-corrected chi connectivity index (χ3v) is 2.82. The summed E-state index contributed by atoms with van der Waals surface area (Å²) in [7, 11) is 0. The second-order valence-electron chi connectivity index (χ2n) is 4.02. The Bertz CT molecular complexity index is 352. The fourth-order valence-electron chi connectivity index (χ4n) is 2.04. The Balaban J connectivity index is 2.30. The molecule has 82 valence electrons. The van der Waals surface area contributed by atoms with Crippen LogP contribution in [-0.2, 0) is 0 Å². The number of hydrogen-bond acceptors (Lipinski definition) is 5. The van der Waals surface area contributed by atoms with Crippen molar-refractivity contribution in [2.45, 2.75) is 32.7 Å². The summed E-state index contributed by atoms with van der Waals surface area (Å²) in [5.74, 6) is 6.79. The predicted molar refractivity (Wildman–Crippen MR) is 60.6 cm³/mol. The molecular weight excluding hydrogens is 190 g/mol. The molecule has 1 unspecified atom stereocenters. The summed E-state index contributed by atoms with van der Waals surface area (Å²) < 4.78 is 0. The molecule has 1 aliphatic heterocycles. The number of nitrogen functional groups attached to an aromatic ring is 1. The van der Waals surface area contributed by atoms with Crippen LogP contribution in [0.25, 0.3) is 0 Å². The van der Waals surface area contributed by atoms with Crippen LogP contribution in [0, 0.1) is 6.92 Å². The van der Waals surface area contributed by atoms with Gasteiger partial charge in [-0.25, -0.2) is 10.8 Å². The van der Waals surface area contributed by atoms with E-state index in [2.05, 4.69) is 27.2 Å². The number of aryl methyl sites for hydroxylation is 1. The summed E-state index contributed by atoms with van der Waals surface area (Å²) >= 11 is 0. The third kappa shape index (κ3) is 2.02. The molecule has 15 heavy (non-hydrogen) atoms. The summed E-state index contributed by atoms with van der Waals surface area (Å²) in [5, 5.41) is 0. The molecule has 2 heterocycles. The van der Waals surface area contributed by atoms with Gasteiger partial charge in [0.2, 0.25) is 5.95 Å². The third-order valence-electron chi connectivity index (χ3n) is 2.82. The van der Waals surface area contributed by atoms with Crippen molar-refractivity contribution in [2.75, 3.05) is 16.9 Å². The number of aromatic nitrogens is 2. The highest BCUT2D eigenvalue weighted by Gasteiger charge is 2.22. The first-order valence-corrected chi connectivity index (χ1v) is 5.29. The normalized spacial score (nSPS) is 20.7. The molecule has 2 rings (SSSR count). The fraction of sp³-hybridized carbons (Fsp3) is 0.600. The molecule has 0 spiro atoms. The highest BCUT2D eigenvalue weighted by Crippen LogP contribution is 2.24. The topological polar surface area (TPSA) is 67.1 Å². The first-order valence-electron chi connectivity index (χ1n) is 5.29. The summed E-state index contributed by atoms with van der Waals surface area (Å²) in [6, 6.07) is 2.56. The molecule has 1 atom stereocenters. The van der Waals surface area contributed by atoms with Crippen LogP contribution in [0.1, 0.15) is 25.5 Å². The zero-order chi connectivity index (χ0) is 10.8. The number of nitrogens with zero attached hydrogens (tertiary/aromatic N) is 3. The van der Waals surface area contributed by atoms with Crippen LogP contribution >= 0.6 is 0 Å². The van der Waals surface area contributed by atoms with Gasteiger partial charge < -0.3 is 4.90 Å². The second-order valence-corrected chi connectivity index (χ2v) is 4.02. The molecule has 1 aliphatic rings. The number of hydrogen-bond donors (Lipinski definition) is 2. The van der Waals surface area contributed by atoms with Crippen molar-refractivity contribution in [1.29, 1.82) is 0 Å². The number of hydrazine groups is 1. The molecule has 1 fully saturated rings. The maximum Gasteiger partial charge on any atom is 0.239 e. The molecule has 0 amide bonds. The predicted octanol–water partition coefficient (Wildman–Crippen LogP) is 1.06. The fourth-order valence-corrected chi connectivity index (χ4v) is 2.04. The molecule has 1 saturated heterocycles. The Kier molecular flexibility index (Phi) is 2.73. The lowest BCUT2D eigenvalue weighted by Gasteiger charge is -2.22. The number of nitrogens with one attached hydrogen (secondary N) is 1. The lowest BCUT2D eigenvalue weighted by atomic mass is 10.2. The van der Waals surface area contributed by atoms with E-state index in [-0.39, 0.29) is 0 Å². The minimum atomic E-state index is 0.490. The van der Waals surface area contributed by atoms with Crippen LogP contribution in [0.2, 0.25) is 0 Å². The van der Waals surface area contributed by atoms with Crippen molar-refractivity contribution in [3.05, 3.63) is 11.8 Å². The minimum Gasteiger partial charge on any atom is -0.354 e. The molecule has 5 heteroatoms. The van der Waals surface area contributed by atoms with Crippen molar-refractivity contribution < 1.29 is 0 Å². The number of rotatable bonds is 2.